The Labute approximate surface area is 86.5 Å². The van der Waals surface area contributed by atoms with Gasteiger partial charge in [0.2, 0.25) is 0 Å². The third-order valence-electron chi connectivity index (χ3n) is 2.07. The highest BCUT2D eigenvalue weighted by atomic mass is 16.2. The Morgan fingerprint density at radius 2 is 2.00 bits per heavy atom. The Morgan fingerprint density at radius 1 is 1.27 bits per heavy atom. The molecule has 82 valence electrons. The summed E-state index contributed by atoms with van der Waals surface area (Å²) in [7, 11) is 0. The molecule has 0 bridgehead atoms. The third kappa shape index (κ3) is 3.53. The van der Waals surface area contributed by atoms with Gasteiger partial charge in [0.05, 0.1) is 5.69 Å². The molecule has 0 saturated carbocycles. The van der Waals surface area contributed by atoms with Gasteiger partial charge in [-0.3, -0.25) is 14.6 Å². The van der Waals surface area contributed by atoms with Crippen molar-refractivity contribution in [3.63, 3.8) is 0 Å². The average molecular weight is 210 g/mol. The molecule has 5 nitrogen and oxygen atoms in total. The number of carbonyl (C=O) groups is 1. The lowest BCUT2D eigenvalue weighted by Crippen LogP contribution is -2.24. The molecule has 0 amide bonds. The predicted molar refractivity (Wildman–Crippen MR) is 56.2 cm³/mol. The highest BCUT2D eigenvalue weighted by Crippen LogP contribution is 2.03. The molecule has 1 rings (SSSR count). The standard InChI is InChI=1S/C10H14N2O3/c1-2-3-4-5-8(13)7-6-9(14)12-10(15)11-7/h6H,2-5H2,1H3,(H2,11,12,14,15). The van der Waals surface area contributed by atoms with E-state index in [1.165, 1.54) is 0 Å². The molecule has 1 aromatic heterocycles. The second-order valence-corrected chi connectivity index (χ2v) is 3.38. The number of carbonyl (C=O) groups excluding carboxylic acids is 1. The van der Waals surface area contributed by atoms with Gasteiger partial charge in [0.1, 0.15) is 0 Å². The van der Waals surface area contributed by atoms with Gasteiger partial charge >= 0.3 is 5.69 Å². The summed E-state index contributed by atoms with van der Waals surface area (Å²) in [6.45, 7) is 2.04. The van der Waals surface area contributed by atoms with E-state index < -0.39 is 11.2 Å². The fraction of sp³-hybridized carbons (Fsp3) is 0.500. The van der Waals surface area contributed by atoms with Crippen molar-refractivity contribution in [3.8, 4) is 0 Å². The van der Waals surface area contributed by atoms with Gasteiger partial charge in [-0.2, -0.15) is 0 Å². The number of unbranched alkanes of at least 4 members (excludes halogenated alkanes) is 2. The molecule has 0 saturated heterocycles. The molecule has 0 aromatic carbocycles. The fourth-order valence-electron chi connectivity index (χ4n) is 1.29. The summed E-state index contributed by atoms with van der Waals surface area (Å²) in [5.74, 6) is -0.188. The van der Waals surface area contributed by atoms with Gasteiger partial charge in [-0.25, -0.2) is 4.79 Å². The first-order valence-electron chi connectivity index (χ1n) is 5.00. The summed E-state index contributed by atoms with van der Waals surface area (Å²) in [5.41, 5.74) is -1.08. The molecular formula is C10H14N2O3. The molecular weight excluding hydrogens is 196 g/mol. The maximum atomic E-state index is 11.5. The van der Waals surface area contributed by atoms with E-state index in [0.717, 1.165) is 25.3 Å². The van der Waals surface area contributed by atoms with Crippen LogP contribution in [-0.2, 0) is 0 Å². The topological polar surface area (TPSA) is 82.8 Å². The van der Waals surface area contributed by atoms with Crippen LogP contribution in [0.1, 0.15) is 43.1 Å². The Kier molecular flexibility index (Phi) is 4.03. The highest BCUT2D eigenvalue weighted by Gasteiger charge is 2.07. The Hall–Kier alpha value is -1.65. The summed E-state index contributed by atoms with van der Waals surface area (Å²) >= 11 is 0. The van der Waals surface area contributed by atoms with Gasteiger partial charge in [0, 0.05) is 12.5 Å². The van der Waals surface area contributed by atoms with E-state index in [2.05, 4.69) is 4.98 Å². The molecule has 0 aliphatic rings. The quantitative estimate of drug-likeness (QED) is 0.557. The van der Waals surface area contributed by atoms with Crippen LogP contribution in [0.3, 0.4) is 0 Å². The monoisotopic (exact) mass is 210 g/mol. The first kappa shape index (κ1) is 11.4. The molecule has 15 heavy (non-hydrogen) atoms. The summed E-state index contributed by atoms with van der Waals surface area (Å²) in [4.78, 5) is 37.6. The Balaban J connectivity index is 2.74. The molecule has 0 aliphatic carbocycles. The second kappa shape index (κ2) is 5.29. The van der Waals surface area contributed by atoms with Crippen LogP contribution in [-0.4, -0.2) is 15.8 Å². The van der Waals surface area contributed by atoms with Gasteiger partial charge in [0.25, 0.3) is 5.56 Å². The summed E-state index contributed by atoms with van der Waals surface area (Å²) < 4.78 is 0. The fourth-order valence-corrected chi connectivity index (χ4v) is 1.29. The van der Waals surface area contributed by atoms with Crippen molar-refractivity contribution in [2.75, 3.05) is 0 Å². The molecule has 0 atom stereocenters. The van der Waals surface area contributed by atoms with Gasteiger partial charge in [-0.05, 0) is 6.42 Å². The van der Waals surface area contributed by atoms with E-state index in [4.69, 9.17) is 0 Å². The van der Waals surface area contributed by atoms with E-state index in [9.17, 15) is 14.4 Å². The third-order valence-corrected chi connectivity index (χ3v) is 2.07. The van der Waals surface area contributed by atoms with Crippen molar-refractivity contribution in [2.45, 2.75) is 32.6 Å². The zero-order valence-electron chi connectivity index (χ0n) is 8.63. The number of aromatic amines is 2. The minimum atomic E-state index is -0.638. The van der Waals surface area contributed by atoms with Crippen LogP contribution in [0.25, 0.3) is 0 Å². The molecule has 0 aliphatic heterocycles. The van der Waals surface area contributed by atoms with Crippen molar-refractivity contribution < 1.29 is 4.79 Å². The number of Topliss-reactive ketones (excluding diaryl/α,β-unsaturated/α-hetero) is 1. The Morgan fingerprint density at radius 3 is 2.60 bits per heavy atom. The molecule has 0 spiro atoms. The predicted octanol–water partition coefficient (Wildman–Crippen LogP) is 0.826. The normalized spacial score (nSPS) is 10.2. The lowest BCUT2D eigenvalue weighted by atomic mass is 10.1. The van der Waals surface area contributed by atoms with Crippen LogP contribution in [0.15, 0.2) is 15.7 Å². The number of hydrogen-bond acceptors (Lipinski definition) is 3. The van der Waals surface area contributed by atoms with Crippen LogP contribution in [0, 0.1) is 0 Å². The maximum absolute atomic E-state index is 11.5. The molecule has 0 radical (unpaired) electrons. The number of H-pyrrole nitrogens is 2. The van der Waals surface area contributed by atoms with Crippen molar-refractivity contribution in [2.24, 2.45) is 0 Å². The van der Waals surface area contributed by atoms with E-state index in [1.54, 1.807) is 0 Å². The largest absolute Gasteiger partial charge is 0.326 e. The maximum Gasteiger partial charge on any atom is 0.326 e. The molecule has 1 heterocycles. The van der Waals surface area contributed by atoms with Crippen LogP contribution >= 0.6 is 0 Å². The first-order valence-corrected chi connectivity index (χ1v) is 5.00. The van der Waals surface area contributed by atoms with E-state index >= 15 is 0 Å². The summed E-state index contributed by atoms with van der Waals surface area (Å²) in [6, 6.07) is 1.12. The van der Waals surface area contributed by atoms with Crippen molar-refractivity contribution in [3.05, 3.63) is 32.6 Å². The zero-order chi connectivity index (χ0) is 11.3. The van der Waals surface area contributed by atoms with Crippen molar-refractivity contribution >= 4 is 5.78 Å². The van der Waals surface area contributed by atoms with Crippen molar-refractivity contribution in [1.29, 1.82) is 0 Å². The van der Waals surface area contributed by atoms with Crippen LogP contribution in [0.4, 0.5) is 0 Å². The summed E-state index contributed by atoms with van der Waals surface area (Å²) in [5, 5.41) is 0. The van der Waals surface area contributed by atoms with Crippen molar-refractivity contribution in [1.82, 2.24) is 9.97 Å². The molecule has 0 unspecified atom stereocenters. The van der Waals surface area contributed by atoms with E-state index in [0.29, 0.717) is 6.42 Å². The number of aromatic nitrogens is 2. The van der Waals surface area contributed by atoms with Gasteiger partial charge in [-0.1, -0.05) is 19.8 Å². The molecule has 2 N–H and O–H groups in total. The molecule has 1 aromatic rings. The van der Waals surface area contributed by atoms with E-state index in [1.807, 2.05) is 11.9 Å². The van der Waals surface area contributed by atoms with Gasteiger partial charge < -0.3 is 4.98 Å². The second-order valence-electron chi connectivity index (χ2n) is 3.38. The lowest BCUT2D eigenvalue weighted by Gasteiger charge is -1.98. The van der Waals surface area contributed by atoms with Gasteiger partial charge in [0.15, 0.2) is 5.78 Å². The zero-order valence-corrected chi connectivity index (χ0v) is 8.63. The molecule has 0 fully saturated rings. The van der Waals surface area contributed by atoms with Crippen LogP contribution < -0.4 is 11.2 Å². The SMILES string of the molecule is CCCCCC(=O)c1cc(=O)[nH]c(=O)[nH]1. The minimum Gasteiger partial charge on any atom is -0.304 e. The number of hydrogen-bond donors (Lipinski definition) is 2. The van der Waals surface area contributed by atoms with Gasteiger partial charge in [-0.15, -0.1) is 0 Å². The average Bonchev–Trinajstić information content (AvgIpc) is 2.16. The number of nitrogens with one attached hydrogen (secondary N) is 2. The number of ketones is 1. The highest BCUT2D eigenvalue weighted by molar-refractivity contribution is 5.93. The minimum absolute atomic E-state index is 0.0971. The molecule has 5 heteroatoms. The van der Waals surface area contributed by atoms with Crippen LogP contribution in [0.5, 0.6) is 0 Å². The number of rotatable bonds is 5. The Bertz CT molecular complexity index is 416. The van der Waals surface area contributed by atoms with Crippen LogP contribution in [0.2, 0.25) is 0 Å². The smallest absolute Gasteiger partial charge is 0.304 e. The first-order chi connectivity index (χ1) is 7.13. The summed E-state index contributed by atoms with van der Waals surface area (Å²) in [6.07, 6.45) is 3.15. The van der Waals surface area contributed by atoms with E-state index in [-0.39, 0.29) is 11.5 Å². The lowest BCUT2D eigenvalue weighted by molar-refractivity contribution is 0.0974.